The Kier molecular flexibility index (Phi) is 3.67. The molecule has 0 heterocycles. The number of rotatable bonds is 3. The molecular weight excluding hydrogens is 337 g/mol. The maximum absolute atomic E-state index is 14.1. The van der Waals surface area contributed by atoms with Gasteiger partial charge in [-0.15, -0.1) is 0 Å². The molecule has 0 amide bonds. The number of hydrogen-bond donors (Lipinski definition) is 1. The van der Waals surface area contributed by atoms with Crippen LogP contribution in [0.5, 0.6) is 0 Å². The molecule has 0 radical (unpaired) electrons. The number of fused-ring (bicyclic) bond motifs is 1. The average molecular weight is 346 g/mol. The number of carbonyl (C=O) groups excluding carboxylic acids is 1. The summed E-state index contributed by atoms with van der Waals surface area (Å²) >= 11 is 0. The second-order valence-electron chi connectivity index (χ2n) is 4.82. The molecule has 1 aliphatic rings. The van der Waals surface area contributed by atoms with Crippen LogP contribution in [0.15, 0.2) is 18.2 Å². The quantitative estimate of drug-likeness (QED) is 0.676. The van der Waals surface area contributed by atoms with Crippen LogP contribution in [0.2, 0.25) is 0 Å². The average Bonchev–Trinajstić information content (AvgIpc) is 2.57. The minimum absolute atomic E-state index is 0.278. The molecule has 2 rings (SSSR count). The Bertz CT molecular complexity index is 659. The highest BCUT2D eigenvalue weighted by Crippen LogP contribution is 2.65. The van der Waals surface area contributed by atoms with E-state index >= 15 is 0 Å². The first kappa shape index (κ1) is 17.5. The molecule has 1 aliphatic carbocycles. The zero-order valence-electron chi connectivity index (χ0n) is 11.3. The van der Waals surface area contributed by atoms with E-state index in [0.29, 0.717) is 12.1 Å². The van der Waals surface area contributed by atoms with Crippen molar-refractivity contribution in [3.8, 4) is 0 Å². The number of halogens is 7. The number of carbonyl (C=O) groups is 1. The van der Waals surface area contributed by atoms with E-state index in [9.17, 15) is 40.6 Å². The second-order valence-corrected chi connectivity index (χ2v) is 4.82. The summed E-state index contributed by atoms with van der Waals surface area (Å²) < 4.78 is 101. The molecule has 128 valence electrons. The van der Waals surface area contributed by atoms with Crippen molar-refractivity contribution in [2.75, 3.05) is 6.61 Å². The van der Waals surface area contributed by atoms with Crippen LogP contribution in [0, 0.1) is 5.82 Å². The summed E-state index contributed by atoms with van der Waals surface area (Å²) in [6, 6.07) is 1.20. The van der Waals surface area contributed by atoms with Gasteiger partial charge in [-0.2, -0.15) is 26.3 Å². The molecule has 1 atom stereocenters. The number of esters is 1. The standard InChI is InChI=1S/C13H9F7O3/c1-2-23-9(21)12(17,18)10(22)6-4-3-5-7(14)8(6)11(15,16)13(10,19)20/h3-5,22H,2H2,1H3. The topological polar surface area (TPSA) is 46.5 Å². The first-order chi connectivity index (χ1) is 10.4. The third-order valence-electron chi connectivity index (χ3n) is 3.55. The normalized spacial score (nSPS) is 25.1. The number of alkyl halides is 6. The zero-order valence-corrected chi connectivity index (χ0v) is 11.3. The lowest BCUT2D eigenvalue weighted by Crippen LogP contribution is -2.62. The van der Waals surface area contributed by atoms with E-state index in [4.69, 9.17) is 0 Å². The van der Waals surface area contributed by atoms with Crippen LogP contribution in [0.25, 0.3) is 0 Å². The van der Waals surface area contributed by atoms with E-state index in [1.54, 1.807) is 0 Å². The van der Waals surface area contributed by atoms with Crippen LogP contribution in [-0.2, 0) is 21.1 Å². The highest BCUT2D eigenvalue weighted by molar-refractivity contribution is 5.81. The molecule has 1 N–H and O–H groups in total. The van der Waals surface area contributed by atoms with Crippen molar-refractivity contribution >= 4 is 5.97 Å². The lowest BCUT2D eigenvalue weighted by Gasteiger charge is -2.36. The van der Waals surface area contributed by atoms with Crippen molar-refractivity contribution in [2.24, 2.45) is 0 Å². The van der Waals surface area contributed by atoms with Crippen molar-refractivity contribution in [1.82, 2.24) is 0 Å². The molecule has 1 aromatic carbocycles. The molecular formula is C13H9F7O3. The highest BCUT2D eigenvalue weighted by Gasteiger charge is 2.86. The molecule has 1 aromatic rings. The summed E-state index contributed by atoms with van der Waals surface area (Å²) in [5, 5.41) is 9.81. The van der Waals surface area contributed by atoms with Gasteiger partial charge in [0.25, 0.3) is 0 Å². The van der Waals surface area contributed by atoms with Crippen LogP contribution in [0.3, 0.4) is 0 Å². The first-order valence-electron chi connectivity index (χ1n) is 6.19. The molecule has 0 bridgehead atoms. The molecule has 0 spiro atoms. The van der Waals surface area contributed by atoms with E-state index in [-0.39, 0.29) is 6.07 Å². The number of aliphatic hydroxyl groups is 1. The van der Waals surface area contributed by atoms with Gasteiger partial charge in [-0.1, -0.05) is 12.1 Å². The molecule has 0 aliphatic heterocycles. The van der Waals surface area contributed by atoms with Gasteiger partial charge in [0.1, 0.15) is 5.82 Å². The molecule has 0 saturated heterocycles. The fraction of sp³-hybridized carbons (Fsp3) is 0.462. The number of benzene rings is 1. The molecule has 10 heteroatoms. The van der Waals surface area contributed by atoms with E-state index < -0.39 is 52.9 Å². The first-order valence-corrected chi connectivity index (χ1v) is 6.19. The lowest BCUT2D eigenvalue weighted by molar-refractivity contribution is -0.337. The van der Waals surface area contributed by atoms with Gasteiger partial charge in [0.2, 0.25) is 5.60 Å². The summed E-state index contributed by atoms with van der Waals surface area (Å²) in [5.41, 5.74) is -8.82. The fourth-order valence-corrected chi connectivity index (χ4v) is 2.43. The van der Waals surface area contributed by atoms with E-state index in [2.05, 4.69) is 4.74 Å². The van der Waals surface area contributed by atoms with Crippen molar-refractivity contribution in [1.29, 1.82) is 0 Å². The monoisotopic (exact) mass is 346 g/mol. The third-order valence-corrected chi connectivity index (χ3v) is 3.55. The Morgan fingerprint density at radius 2 is 1.83 bits per heavy atom. The Hall–Kier alpha value is -1.84. The van der Waals surface area contributed by atoms with Gasteiger partial charge in [0, 0.05) is 5.56 Å². The number of hydrogen-bond acceptors (Lipinski definition) is 3. The smallest absolute Gasteiger partial charge is 0.381 e. The molecule has 0 saturated carbocycles. The van der Waals surface area contributed by atoms with Crippen molar-refractivity contribution in [3.05, 3.63) is 35.1 Å². The van der Waals surface area contributed by atoms with Gasteiger partial charge in [-0.3, -0.25) is 0 Å². The minimum atomic E-state index is -5.86. The maximum atomic E-state index is 14.1. The van der Waals surface area contributed by atoms with Gasteiger partial charge in [0.15, 0.2) is 0 Å². The largest absolute Gasteiger partial charge is 0.461 e. The van der Waals surface area contributed by atoms with Crippen LogP contribution in [0.4, 0.5) is 30.7 Å². The highest BCUT2D eigenvalue weighted by atomic mass is 19.3. The van der Waals surface area contributed by atoms with E-state index in [1.165, 1.54) is 0 Å². The van der Waals surface area contributed by atoms with Crippen LogP contribution in [0.1, 0.15) is 18.1 Å². The van der Waals surface area contributed by atoms with Gasteiger partial charge >= 0.3 is 23.7 Å². The van der Waals surface area contributed by atoms with Crippen molar-refractivity contribution < 1.29 is 45.4 Å². The minimum Gasteiger partial charge on any atom is -0.461 e. The van der Waals surface area contributed by atoms with Gasteiger partial charge in [0.05, 0.1) is 12.2 Å². The maximum Gasteiger partial charge on any atom is 0.381 e. The Morgan fingerprint density at radius 1 is 1.26 bits per heavy atom. The summed E-state index contributed by atoms with van der Waals surface area (Å²) in [6.07, 6.45) is 0. The number of ether oxygens (including phenoxy) is 1. The molecule has 23 heavy (non-hydrogen) atoms. The lowest BCUT2D eigenvalue weighted by atomic mass is 9.86. The summed E-state index contributed by atoms with van der Waals surface area (Å²) in [6.45, 7) is 0.384. The summed E-state index contributed by atoms with van der Waals surface area (Å²) in [7, 11) is 0. The van der Waals surface area contributed by atoms with Gasteiger partial charge in [-0.05, 0) is 13.0 Å². The van der Waals surface area contributed by atoms with E-state index in [0.717, 1.165) is 6.92 Å². The predicted molar refractivity (Wildman–Crippen MR) is 60.7 cm³/mol. The molecule has 0 fully saturated rings. The van der Waals surface area contributed by atoms with Crippen LogP contribution < -0.4 is 0 Å². The second kappa shape index (κ2) is 4.83. The van der Waals surface area contributed by atoms with Crippen molar-refractivity contribution in [2.45, 2.75) is 30.3 Å². The van der Waals surface area contributed by atoms with Crippen molar-refractivity contribution in [3.63, 3.8) is 0 Å². The fourth-order valence-electron chi connectivity index (χ4n) is 2.43. The van der Waals surface area contributed by atoms with Crippen LogP contribution in [-0.4, -0.2) is 29.5 Å². The third kappa shape index (κ3) is 1.84. The zero-order chi connectivity index (χ0) is 17.8. The van der Waals surface area contributed by atoms with Crippen LogP contribution >= 0.6 is 0 Å². The Balaban J connectivity index is 2.82. The summed E-state index contributed by atoms with van der Waals surface area (Å²) in [4.78, 5) is 11.2. The van der Waals surface area contributed by atoms with Gasteiger partial charge in [-0.25, -0.2) is 9.18 Å². The van der Waals surface area contributed by atoms with Gasteiger partial charge < -0.3 is 9.84 Å². The Morgan fingerprint density at radius 3 is 2.35 bits per heavy atom. The Labute approximate surface area is 124 Å². The molecule has 0 aromatic heterocycles. The molecule has 3 nitrogen and oxygen atoms in total. The molecule has 1 unspecified atom stereocenters. The van der Waals surface area contributed by atoms with E-state index in [1.807, 2.05) is 0 Å². The SMILES string of the molecule is CCOC(=O)C(F)(F)C1(O)c2cccc(F)c2C(F)(F)C1(F)F. The predicted octanol–water partition coefficient (Wildman–Crippen LogP) is 2.95. The summed E-state index contributed by atoms with van der Waals surface area (Å²) in [5.74, 6) is -21.3.